The number of benzene rings is 2. The number of phenols is 2. The van der Waals surface area contributed by atoms with E-state index in [0.717, 1.165) is 61.0 Å². The van der Waals surface area contributed by atoms with Gasteiger partial charge in [0.2, 0.25) is 0 Å². The van der Waals surface area contributed by atoms with Crippen molar-refractivity contribution < 1.29 is 42.9 Å². The molecule has 2 aromatic carbocycles. The zero-order chi connectivity index (χ0) is 32.9. The first kappa shape index (κ1) is 30.0. The number of hydrogen-bond donors (Lipinski definition) is 5. The molecule has 0 saturated carbocycles. The summed E-state index contributed by atoms with van der Waals surface area (Å²) in [6.07, 6.45) is 9.74. The van der Waals surface area contributed by atoms with Crippen LogP contribution in [0.5, 0.6) is 23.0 Å². The lowest BCUT2D eigenvalue weighted by Gasteiger charge is -2.56. The number of hydrogen-bond acceptors (Lipinski definition) is 10. The largest absolute Gasteiger partial charge is 0.504 e. The summed E-state index contributed by atoms with van der Waals surface area (Å²) in [5, 5.41) is 46.0. The summed E-state index contributed by atoms with van der Waals surface area (Å²) < 4.78 is 39.0. The maximum atomic E-state index is 11.9. The van der Waals surface area contributed by atoms with E-state index in [9.17, 15) is 28.8 Å². The summed E-state index contributed by atoms with van der Waals surface area (Å²) in [7, 11) is 0.679. The number of ether oxygens (including phenoxy) is 2. The van der Waals surface area contributed by atoms with Gasteiger partial charge in [0, 0.05) is 57.0 Å². The molecule has 4 aliphatic heterocycles. The van der Waals surface area contributed by atoms with Gasteiger partial charge in [0.15, 0.2) is 23.0 Å². The second-order valence-electron chi connectivity index (χ2n) is 15.0. The van der Waals surface area contributed by atoms with Crippen molar-refractivity contribution >= 4 is 10.1 Å². The summed E-state index contributed by atoms with van der Waals surface area (Å²) >= 11 is 0. The predicted octanol–water partition coefficient (Wildman–Crippen LogP) is 1.88. The van der Waals surface area contributed by atoms with Gasteiger partial charge in [-0.1, -0.05) is 24.3 Å². The van der Waals surface area contributed by atoms with E-state index in [-0.39, 0.29) is 46.2 Å². The molecule has 5 N–H and O–H groups in total. The average Bonchev–Trinajstić information content (AvgIpc) is 3.55. The Hall–Kier alpha value is -3.13. The first-order valence-electron chi connectivity index (χ1n) is 16.4. The topological polar surface area (TPSA) is 160 Å². The van der Waals surface area contributed by atoms with Crippen LogP contribution < -0.4 is 9.47 Å². The molecule has 4 aliphatic carbocycles. The van der Waals surface area contributed by atoms with Crippen LogP contribution in [0.25, 0.3) is 11.1 Å². The zero-order valence-electron chi connectivity index (χ0n) is 26.5. The first-order chi connectivity index (χ1) is 22.3. The Bertz CT molecular complexity index is 1780. The van der Waals surface area contributed by atoms with E-state index in [4.69, 9.17) is 14.0 Å². The van der Waals surface area contributed by atoms with Crippen LogP contribution in [0.15, 0.2) is 36.4 Å². The standard InChI is InChI=1S/C34H36N2O6.CH4O3S/c1-35-9-7-33-19-3-5-23(37)31(33)41-29-25(33)15(13-21(19)35)11-17(27(29)39)18-12-16-14-22-20-4-6-24(38)32-34(20,8-10-36(22)2)26(16)30(42-32)28(18)40;1-5(2,3)4/h3-6,11-12,19-24,31-32,37-40H,7-10,13-14H2,1-2H3;1H3,(H,2,3,4). The summed E-state index contributed by atoms with van der Waals surface area (Å²) in [6.45, 7) is 1.82. The number of likely N-dealkylation sites (tertiary alicyclic amines) is 2. The molecule has 4 heterocycles. The maximum absolute atomic E-state index is 11.9. The van der Waals surface area contributed by atoms with E-state index in [0.29, 0.717) is 28.9 Å². The van der Waals surface area contributed by atoms with Crippen molar-refractivity contribution in [2.75, 3.05) is 33.4 Å². The number of phenolic OH excluding ortho intramolecular Hbond substituents is 2. The van der Waals surface area contributed by atoms with Gasteiger partial charge in [-0.05, 0) is 76.1 Å². The third kappa shape index (κ3) is 3.71. The molecule has 10 unspecified atom stereocenters. The number of aromatic hydroxyl groups is 2. The van der Waals surface area contributed by atoms with Crippen LogP contribution in [0, 0.1) is 11.8 Å². The van der Waals surface area contributed by atoms with Crippen LogP contribution in [-0.4, -0.2) is 113 Å². The number of likely N-dealkylation sites (N-methyl/N-ethyl adjacent to an activating group) is 2. The molecule has 2 spiro atoms. The van der Waals surface area contributed by atoms with Crippen molar-refractivity contribution in [1.82, 2.24) is 9.80 Å². The van der Waals surface area contributed by atoms with Gasteiger partial charge in [-0.15, -0.1) is 0 Å². The molecule has 10 atom stereocenters. The number of piperidine rings is 2. The van der Waals surface area contributed by atoms with Crippen molar-refractivity contribution in [1.29, 1.82) is 0 Å². The van der Waals surface area contributed by atoms with Gasteiger partial charge < -0.3 is 39.7 Å². The Balaban J connectivity index is 0.000000566. The summed E-state index contributed by atoms with van der Waals surface area (Å²) in [5.41, 5.74) is 4.66. The van der Waals surface area contributed by atoms with Crippen LogP contribution in [0.4, 0.5) is 0 Å². The Labute approximate surface area is 273 Å². The molecule has 0 aromatic heterocycles. The molecule has 10 rings (SSSR count). The lowest BCUT2D eigenvalue weighted by Crippen LogP contribution is -2.64. The molecule has 12 heteroatoms. The Morgan fingerprint density at radius 3 is 1.51 bits per heavy atom. The third-order valence-corrected chi connectivity index (χ3v) is 12.8. The summed E-state index contributed by atoms with van der Waals surface area (Å²) in [6, 6.07) is 4.65. The minimum atomic E-state index is -3.67. The van der Waals surface area contributed by atoms with E-state index >= 15 is 0 Å². The SMILES string of the molecule is CN1CCC23c4c5cc(-c6cc7c8c(c6O)OC6C(O)C=CC9C(C7)N(C)CCC896)c(O)c4OC2C(O)C=CC3C1C5.CS(=O)(=O)O. The van der Waals surface area contributed by atoms with Crippen molar-refractivity contribution in [3.8, 4) is 34.1 Å². The molecule has 47 heavy (non-hydrogen) atoms. The first-order valence-corrected chi connectivity index (χ1v) is 18.3. The van der Waals surface area contributed by atoms with E-state index in [1.165, 1.54) is 0 Å². The van der Waals surface area contributed by atoms with Gasteiger partial charge in [0.25, 0.3) is 10.1 Å². The molecule has 8 aliphatic rings. The fourth-order valence-corrected chi connectivity index (χ4v) is 11.0. The van der Waals surface area contributed by atoms with Gasteiger partial charge in [-0.25, -0.2) is 0 Å². The minimum Gasteiger partial charge on any atom is -0.504 e. The summed E-state index contributed by atoms with van der Waals surface area (Å²) in [5.74, 6) is 1.38. The zero-order valence-corrected chi connectivity index (χ0v) is 27.3. The molecule has 2 fully saturated rings. The molecular weight excluding hydrogens is 624 g/mol. The predicted molar refractivity (Wildman–Crippen MR) is 172 cm³/mol. The van der Waals surface area contributed by atoms with E-state index in [1.807, 2.05) is 12.2 Å². The van der Waals surface area contributed by atoms with Crippen molar-refractivity contribution in [3.05, 3.63) is 58.7 Å². The van der Waals surface area contributed by atoms with Gasteiger partial charge in [-0.3, -0.25) is 4.55 Å². The highest BCUT2D eigenvalue weighted by molar-refractivity contribution is 7.85. The molecule has 250 valence electrons. The fraction of sp³-hybridized carbons (Fsp3) is 0.543. The highest BCUT2D eigenvalue weighted by atomic mass is 32.2. The lowest BCUT2D eigenvalue weighted by molar-refractivity contribution is -0.0453. The maximum Gasteiger partial charge on any atom is 0.261 e. The van der Waals surface area contributed by atoms with Crippen molar-refractivity contribution in [3.63, 3.8) is 0 Å². The molecule has 2 saturated heterocycles. The molecular formula is C35H40N2O9S. The minimum absolute atomic E-state index is 0.0181. The highest BCUT2D eigenvalue weighted by Gasteiger charge is 2.66. The second kappa shape index (κ2) is 9.52. The number of nitrogens with zero attached hydrogens (tertiary/aromatic N) is 2. The highest BCUT2D eigenvalue weighted by Crippen LogP contribution is 2.67. The normalized spacial score (nSPS) is 39.7. The number of aliphatic hydroxyl groups is 2. The van der Waals surface area contributed by atoms with Crippen LogP contribution in [0.2, 0.25) is 0 Å². The lowest BCUT2D eigenvalue weighted by atomic mass is 9.53. The van der Waals surface area contributed by atoms with E-state index in [1.54, 1.807) is 0 Å². The molecule has 0 radical (unpaired) electrons. The van der Waals surface area contributed by atoms with Gasteiger partial charge in [0.1, 0.15) is 24.4 Å². The molecule has 2 aromatic rings. The van der Waals surface area contributed by atoms with Gasteiger partial charge in [0.05, 0.1) is 6.26 Å². The Kier molecular flexibility index (Phi) is 6.07. The van der Waals surface area contributed by atoms with Gasteiger partial charge in [-0.2, -0.15) is 8.42 Å². The van der Waals surface area contributed by atoms with Crippen LogP contribution in [0.3, 0.4) is 0 Å². The smallest absolute Gasteiger partial charge is 0.261 e. The van der Waals surface area contributed by atoms with Crippen LogP contribution in [0.1, 0.15) is 35.1 Å². The molecule has 4 bridgehead atoms. The molecule has 0 amide bonds. The number of aliphatic hydroxyl groups excluding tert-OH is 2. The Morgan fingerprint density at radius 1 is 0.745 bits per heavy atom. The number of rotatable bonds is 1. The quantitative estimate of drug-likeness (QED) is 0.224. The van der Waals surface area contributed by atoms with Crippen LogP contribution >= 0.6 is 0 Å². The monoisotopic (exact) mass is 664 g/mol. The fourth-order valence-electron chi connectivity index (χ4n) is 11.0. The van der Waals surface area contributed by atoms with E-state index < -0.39 is 34.5 Å². The molecule has 11 nitrogen and oxygen atoms in total. The summed E-state index contributed by atoms with van der Waals surface area (Å²) in [4.78, 5) is 4.83. The average molecular weight is 665 g/mol. The van der Waals surface area contributed by atoms with E-state index in [2.05, 4.69) is 48.2 Å². The third-order valence-electron chi connectivity index (χ3n) is 12.8. The van der Waals surface area contributed by atoms with Gasteiger partial charge >= 0.3 is 0 Å². The van der Waals surface area contributed by atoms with Crippen molar-refractivity contribution in [2.45, 2.75) is 73.0 Å². The second-order valence-corrected chi connectivity index (χ2v) is 16.4. The van der Waals surface area contributed by atoms with Crippen LogP contribution in [-0.2, 0) is 33.8 Å². The van der Waals surface area contributed by atoms with Crippen molar-refractivity contribution in [2.24, 2.45) is 11.8 Å². The Morgan fingerprint density at radius 2 is 1.13 bits per heavy atom.